The van der Waals surface area contributed by atoms with Crippen molar-refractivity contribution in [1.82, 2.24) is 5.32 Å². The number of benzene rings is 1. The Labute approximate surface area is 103 Å². The summed E-state index contributed by atoms with van der Waals surface area (Å²) in [6.07, 6.45) is 0.756. The molecule has 3 nitrogen and oxygen atoms in total. The molecule has 0 heterocycles. The van der Waals surface area contributed by atoms with Crippen LogP contribution in [0.1, 0.15) is 30.5 Å². The molecule has 2 unspecified atom stereocenters. The highest BCUT2D eigenvalue weighted by Gasteiger charge is 2.28. The maximum absolute atomic E-state index is 11.8. The maximum Gasteiger partial charge on any atom is 0.310 e. The number of carbonyl (C=O) groups excluding carboxylic acids is 1. The molecule has 94 valence electrons. The zero-order chi connectivity index (χ0) is 12.8. The number of methoxy groups -OCH3 is 1. The topological polar surface area (TPSA) is 38.3 Å². The van der Waals surface area contributed by atoms with Gasteiger partial charge in [0.2, 0.25) is 0 Å². The van der Waals surface area contributed by atoms with Crippen LogP contribution in [0.25, 0.3) is 0 Å². The molecule has 0 aliphatic rings. The molecule has 2 atom stereocenters. The lowest BCUT2D eigenvalue weighted by Gasteiger charge is -2.25. The Morgan fingerprint density at radius 2 is 2.06 bits per heavy atom. The predicted molar refractivity (Wildman–Crippen MR) is 68.8 cm³/mol. The van der Waals surface area contributed by atoms with E-state index in [2.05, 4.69) is 24.4 Å². The Balaban J connectivity index is 3.05. The second-order valence-corrected chi connectivity index (χ2v) is 4.16. The fourth-order valence-corrected chi connectivity index (χ4v) is 2.20. The van der Waals surface area contributed by atoms with E-state index in [4.69, 9.17) is 4.74 Å². The average molecular weight is 235 g/mol. The summed E-state index contributed by atoms with van der Waals surface area (Å²) in [4.78, 5) is 11.8. The third-order valence-electron chi connectivity index (χ3n) is 3.18. The van der Waals surface area contributed by atoms with Crippen LogP contribution >= 0.6 is 0 Å². The van der Waals surface area contributed by atoms with E-state index in [1.54, 1.807) is 0 Å². The highest BCUT2D eigenvalue weighted by atomic mass is 16.5. The number of carbonyl (C=O) groups is 1. The third-order valence-corrected chi connectivity index (χ3v) is 3.18. The number of ether oxygens (including phenoxy) is 1. The number of rotatable bonds is 5. The van der Waals surface area contributed by atoms with Crippen LogP contribution in [0, 0.1) is 12.8 Å². The molecular weight excluding hydrogens is 214 g/mol. The van der Waals surface area contributed by atoms with Gasteiger partial charge in [0.15, 0.2) is 0 Å². The van der Waals surface area contributed by atoms with Gasteiger partial charge in [-0.15, -0.1) is 0 Å². The minimum Gasteiger partial charge on any atom is -0.469 e. The third kappa shape index (κ3) is 3.07. The van der Waals surface area contributed by atoms with E-state index in [9.17, 15) is 4.79 Å². The van der Waals surface area contributed by atoms with Crippen molar-refractivity contribution in [2.75, 3.05) is 14.2 Å². The van der Waals surface area contributed by atoms with E-state index in [1.807, 2.05) is 26.1 Å². The Morgan fingerprint density at radius 3 is 2.53 bits per heavy atom. The summed E-state index contributed by atoms with van der Waals surface area (Å²) < 4.78 is 4.87. The van der Waals surface area contributed by atoms with E-state index in [1.165, 1.54) is 12.7 Å². The minimum atomic E-state index is -0.157. The number of esters is 1. The fraction of sp³-hybridized carbons (Fsp3) is 0.500. The molecule has 1 aromatic rings. The van der Waals surface area contributed by atoms with E-state index < -0.39 is 0 Å². The van der Waals surface area contributed by atoms with Gasteiger partial charge in [-0.25, -0.2) is 0 Å². The van der Waals surface area contributed by atoms with Crippen molar-refractivity contribution < 1.29 is 9.53 Å². The van der Waals surface area contributed by atoms with Gasteiger partial charge >= 0.3 is 5.97 Å². The molecule has 17 heavy (non-hydrogen) atoms. The van der Waals surface area contributed by atoms with E-state index >= 15 is 0 Å². The molecule has 0 fully saturated rings. The summed E-state index contributed by atoms with van der Waals surface area (Å²) in [7, 11) is 3.32. The van der Waals surface area contributed by atoms with Gasteiger partial charge in [0.05, 0.1) is 13.0 Å². The van der Waals surface area contributed by atoms with Gasteiger partial charge in [0, 0.05) is 6.04 Å². The van der Waals surface area contributed by atoms with Crippen molar-refractivity contribution in [2.24, 2.45) is 5.92 Å². The normalized spacial score (nSPS) is 14.1. The van der Waals surface area contributed by atoms with Crippen molar-refractivity contribution in [3.05, 3.63) is 35.4 Å². The molecule has 0 amide bonds. The predicted octanol–water partition coefficient (Wildman–Crippen LogP) is 2.45. The van der Waals surface area contributed by atoms with E-state index in [0.717, 1.165) is 12.0 Å². The van der Waals surface area contributed by atoms with Crippen LogP contribution in [0.3, 0.4) is 0 Å². The molecule has 0 radical (unpaired) electrons. The SMILES string of the molecule is CCC(C(=O)OC)C(NC)c1ccccc1C. The van der Waals surface area contributed by atoms with Gasteiger partial charge < -0.3 is 10.1 Å². The molecular formula is C14H21NO2. The van der Waals surface area contributed by atoms with Crippen molar-refractivity contribution in [1.29, 1.82) is 0 Å². The molecule has 0 aliphatic carbocycles. The second kappa shape index (κ2) is 6.40. The number of nitrogens with one attached hydrogen (secondary N) is 1. The molecule has 1 aromatic carbocycles. The van der Waals surface area contributed by atoms with E-state index in [-0.39, 0.29) is 17.9 Å². The van der Waals surface area contributed by atoms with E-state index in [0.29, 0.717) is 0 Å². The Kier molecular flexibility index (Phi) is 5.16. The van der Waals surface area contributed by atoms with Crippen molar-refractivity contribution in [3.63, 3.8) is 0 Å². The molecule has 1 N–H and O–H groups in total. The first-order chi connectivity index (χ1) is 8.15. The lowest BCUT2D eigenvalue weighted by Crippen LogP contribution is -2.31. The summed E-state index contributed by atoms with van der Waals surface area (Å²) in [5.41, 5.74) is 2.35. The monoisotopic (exact) mass is 235 g/mol. The van der Waals surface area contributed by atoms with Gasteiger partial charge in [0.25, 0.3) is 0 Å². The highest BCUT2D eigenvalue weighted by Crippen LogP contribution is 2.27. The second-order valence-electron chi connectivity index (χ2n) is 4.16. The lowest BCUT2D eigenvalue weighted by atomic mass is 9.88. The van der Waals surface area contributed by atoms with Crippen LogP contribution in [0.15, 0.2) is 24.3 Å². The Morgan fingerprint density at radius 1 is 1.41 bits per heavy atom. The summed E-state index contributed by atoms with van der Waals surface area (Å²) >= 11 is 0. The number of aryl methyl sites for hydroxylation is 1. The maximum atomic E-state index is 11.8. The first-order valence-electron chi connectivity index (χ1n) is 5.96. The van der Waals surface area contributed by atoms with Gasteiger partial charge in [-0.1, -0.05) is 31.2 Å². The summed E-state index contributed by atoms with van der Waals surface area (Å²) in [5, 5.41) is 3.22. The van der Waals surface area contributed by atoms with Gasteiger partial charge in [-0.3, -0.25) is 4.79 Å². The van der Waals surface area contributed by atoms with Crippen molar-refractivity contribution in [3.8, 4) is 0 Å². The lowest BCUT2D eigenvalue weighted by molar-refractivity contribution is -0.146. The van der Waals surface area contributed by atoms with Crippen LogP contribution in [-0.2, 0) is 9.53 Å². The largest absolute Gasteiger partial charge is 0.469 e. The van der Waals surface area contributed by atoms with Crippen LogP contribution in [0.4, 0.5) is 0 Å². The number of hydrogen-bond donors (Lipinski definition) is 1. The Hall–Kier alpha value is -1.35. The molecule has 0 saturated heterocycles. The summed E-state index contributed by atoms with van der Waals surface area (Å²) in [5.74, 6) is -0.304. The zero-order valence-electron chi connectivity index (χ0n) is 11.0. The molecule has 0 aromatic heterocycles. The van der Waals surface area contributed by atoms with Gasteiger partial charge in [-0.2, -0.15) is 0 Å². The number of hydrogen-bond acceptors (Lipinski definition) is 3. The molecule has 3 heteroatoms. The first-order valence-corrected chi connectivity index (χ1v) is 5.96. The first kappa shape index (κ1) is 13.7. The molecule has 0 saturated carbocycles. The van der Waals surface area contributed by atoms with Crippen molar-refractivity contribution >= 4 is 5.97 Å². The molecule has 0 spiro atoms. The van der Waals surface area contributed by atoms with Gasteiger partial charge in [-0.05, 0) is 31.5 Å². The molecule has 0 bridgehead atoms. The standard InChI is InChI=1S/C14H21NO2/c1-5-11(14(16)17-4)13(15-3)12-9-7-6-8-10(12)2/h6-9,11,13,15H,5H2,1-4H3. The zero-order valence-corrected chi connectivity index (χ0v) is 11.0. The summed E-state index contributed by atoms with van der Waals surface area (Å²) in [6.45, 7) is 4.06. The average Bonchev–Trinajstić information content (AvgIpc) is 2.36. The molecule has 1 rings (SSSR count). The highest BCUT2D eigenvalue weighted by molar-refractivity contribution is 5.73. The quantitative estimate of drug-likeness (QED) is 0.797. The van der Waals surface area contributed by atoms with Crippen LogP contribution in [-0.4, -0.2) is 20.1 Å². The smallest absolute Gasteiger partial charge is 0.310 e. The van der Waals surface area contributed by atoms with Crippen molar-refractivity contribution in [2.45, 2.75) is 26.3 Å². The van der Waals surface area contributed by atoms with Gasteiger partial charge in [0.1, 0.15) is 0 Å². The van der Waals surface area contributed by atoms with Crippen LogP contribution in [0.5, 0.6) is 0 Å². The Bertz CT molecular complexity index is 376. The fourth-order valence-electron chi connectivity index (χ4n) is 2.20. The van der Waals surface area contributed by atoms with Crippen LogP contribution in [0.2, 0.25) is 0 Å². The minimum absolute atomic E-state index is 0.00801. The summed E-state index contributed by atoms with van der Waals surface area (Å²) in [6, 6.07) is 8.13. The van der Waals surface area contributed by atoms with Crippen LogP contribution < -0.4 is 5.32 Å². The molecule has 0 aliphatic heterocycles.